The highest BCUT2D eigenvalue weighted by molar-refractivity contribution is 7.91. The fourth-order valence-corrected chi connectivity index (χ4v) is 4.19. The second-order valence-corrected chi connectivity index (χ2v) is 9.25. The number of sulfone groups is 1. The molecule has 1 atom stereocenters. The first-order valence-corrected chi connectivity index (χ1v) is 10.4. The third kappa shape index (κ3) is 4.16. The maximum absolute atomic E-state index is 12.7. The Morgan fingerprint density at radius 3 is 2.41 bits per heavy atom. The molecular formula is C19H21F3N2O2S. The second kappa shape index (κ2) is 6.91. The summed E-state index contributed by atoms with van der Waals surface area (Å²) in [5.41, 5.74) is 6.16. The predicted octanol–water partition coefficient (Wildman–Crippen LogP) is 3.70. The summed E-state index contributed by atoms with van der Waals surface area (Å²) < 4.78 is 62.5. The summed E-state index contributed by atoms with van der Waals surface area (Å²) in [5, 5.41) is 0. The first kappa shape index (κ1) is 19.8. The lowest BCUT2D eigenvalue weighted by atomic mass is 9.81. The number of pyridine rings is 1. The van der Waals surface area contributed by atoms with Crippen LogP contribution in [-0.2, 0) is 28.0 Å². The van der Waals surface area contributed by atoms with Gasteiger partial charge in [-0.1, -0.05) is 25.1 Å². The minimum Gasteiger partial charge on any atom is -0.321 e. The molecule has 0 amide bonds. The Bertz CT molecular complexity index is 923. The van der Waals surface area contributed by atoms with E-state index in [1.807, 2.05) is 0 Å². The van der Waals surface area contributed by atoms with Gasteiger partial charge in [-0.15, -0.1) is 0 Å². The summed E-state index contributed by atoms with van der Waals surface area (Å²) in [4.78, 5) is 3.71. The summed E-state index contributed by atoms with van der Waals surface area (Å²) in [6.07, 6.45) is -1.21. The number of benzene rings is 1. The standard InChI is InChI=1S/C19H21F3N2O2S/c1-2-27(25,26)16-5-3-4-15(10-16)18(23,14-7-8-14)11-13-6-9-17(24-12-13)19(20,21)22/h3-6,9-10,12,14H,2,7-8,11,23H2,1H3. The van der Waals surface area contributed by atoms with Crippen LogP contribution in [0.2, 0.25) is 0 Å². The minimum absolute atomic E-state index is 0.0136. The number of aromatic nitrogens is 1. The molecule has 1 aliphatic carbocycles. The molecule has 0 saturated heterocycles. The molecule has 1 heterocycles. The number of rotatable bonds is 6. The lowest BCUT2D eigenvalue weighted by molar-refractivity contribution is -0.141. The molecule has 0 radical (unpaired) electrons. The second-order valence-electron chi connectivity index (χ2n) is 6.97. The number of alkyl halides is 3. The van der Waals surface area contributed by atoms with E-state index < -0.39 is 27.2 Å². The molecule has 3 rings (SSSR count). The van der Waals surface area contributed by atoms with E-state index >= 15 is 0 Å². The van der Waals surface area contributed by atoms with Crippen molar-refractivity contribution in [1.82, 2.24) is 4.98 Å². The van der Waals surface area contributed by atoms with Crippen molar-refractivity contribution < 1.29 is 21.6 Å². The van der Waals surface area contributed by atoms with Crippen molar-refractivity contribution in [3.05, 3.63) is 59.4 Å². The van der Waals surface area contributed by atoms with Crippen molar-refractivity contribution in [3.63, 3.8) is 0 Å². The third-order valence-corrected chi connectivity index (χ3v) is 6.76. The Morgan fingerprint density at radius 1 is 1.19 bits per heavy atom. The molecule has 2 aromatic rings. The molecule has 1 fully saturated rings. The van der Waals surface area contributed by atoms with Crippen LogP contribution < -0.4 is 5.73 Å². The van der Waals surface area contributed by atoms with Gasteiger partial charge in [0.1, 0.15) is 5.69 Å². The van der Waals surface area contributed by atoms with Crippen molar-refractivity contribution in [2.75, 3.05) is 5.75 Å². The molecule has 8 heteroatoms. The van der Waals surface area contributed by atoms with Crippen molar-refractivity contribution in [1.29, 1.82) is 0 Å². The van der Waals surface area contributed by atoms with Crippen LogP contribution in [0.5, 0.6) is 0 Å². The Hall–Kier alpha value is -1.93. The van der Waals surface area contributed by atoms with Crippen LogP contribution in [0.1, 0.15) is 36.6 Å². The van der Waals surface area contributed by atoms with Crippen molar-refractivity contribution in [3.8, 4) is 0 Å². The van der Waals surface area contributed by atoms with Crippen molar-refractivity contribution in [2.24, 2.45) is 11.7 Å². The molecule has 1 aromatic heterocycles. The van der Waals surface area contributed by atoms with Gasteiger partial charge in [-0.2, -0.15) is 13.2 Å². The van der Waals surface area contributed by atoms with Crippen molar-refractivity contribution in [2.45, 2.75) is 42.8 Å². The van der Waals surface area contributed by atoms with Gasteiger partial charge in [-0.25, -0.2) is 8.42 Å². The van der Waals surface area contributed by atoms with Crippen LogP contribution in [0.4, 0.5) is 13.2 Å². The van der Waals surface area contributed by atoms with Crippen LogP contribution in [0.25, 0.3) is 0 Å². The van der Waals surface area contributed by atoms with Crippen molar-refractivity contribution >= 4 is 9.84 Å². The zero-order valence-electron chi connectivity index (χ0n) is 14.8. The van der Waals surface area contributed by atoms with Gasteiger partial charge in [0, 0.05) is 11.7 Å². The molecule has 1 saturated carbocycles. The lowest BCUT2D eigenvalue weighted by Crippen LogP contribution is -2.41. The molecule has 0 bridgehead atoms. The maximum Gasteiger partial charge on any atom is 0.433 e. The Kier molecular flexibility index (Phi) is 5.07. The van der Waals surface area contributed by atoms with Gasteiger partial charge in [-0.05, 0) is 54.5 Å². The van der Waals surface area contributed by atoms with E-state index in [0.29, 0.717) is 17.5 Å². The topological polar surface area (TPSA) is 73.0 Å². The Morgan fingerprint density at radius 2 is 1.89 bits per heavy atom. The summed E-state index contributed by atoms with van der Waals surface area (Å²) >= 11 is 0. The monoisotopic (exact) mass is 398 g/mol. The number of halogens is 3. The highest BCUT2D eigenvalue weighted by Crippen LogP contribution is 2.46. The first-order chi connectivity index (χ1) is 12.6. The smallest absolute Gasteiger partial charge is 0.321 e. The van der Waals surface area contributed by atoms with E-state index in [1.54, 1.807) is 25.1 Å². The molecule has 1 aromatic carbocycles. The fourth-order valence-electron chi connectivity index (χ4n) is 3.26. The number of nitrogens with two attached hydrogens (primary N) is 1. The minimum atomic E-state index is -4.49. The number of hydrogen-bond acceptors (Lipinski definition) is 4. The molecule has 2 N–H and O–H groups in total. The normalized spacial score (nSPS) is 17.5. The van der Waals surface area contributed by atoms with Crippen LogP contribution in [0, 0.1) is 5.92 Å². The molecule has 0 spiro atoms. The van der Waals surface area contributed by atoms with Gasteiger partial charge in [0.25, 0.3) is 0 Å². The van der Waals surface area contributed by atoms with Gasteiger partial charge < -0.3 is 5.73 Å². The van der Waals surface area contributed by atoms with E-state index in [0.717, 1.165) is 18.9 Å². The molecule has 4 nitrogen and oxygen atoms in total. The van der Waals surface area contributed by atoms with E-state index in [4.69, 9.17) is 5.73 Å². The van der Waals surface area contributed by atoms with E-state index in [1.165, 1.54) is 18.3 Å². The quantitative estimate of drug-likeness (QED) is 0.805. The Labute approximate surface area is 156 Å². The summed E-state index contributed by atoms with van der Waals surface area (Å²) in [7, 11) is -3.37. The van der Waals surface area contributed by atoms with Gasteiger partial charge in [0.05, 0.1) is 10.6 Å². The molecule has 1 unspecified atom stereocenters. The molecule has 146 valence electrons. The predicted molar refractivity (Wildman–Crippen MR) is 95.7 cm³/mol. The number of hydrogen-bond donors (Lipinski definition) is 1. The average Bonchev–Trinajstić information content (AvgIpc) is 3.47. The van der Waals surface area contributed by atoms with E-state index in [9.17, 15) is 21.6 Å². The highest BCUT2D eigenvalue weighted by atomic mass is 32.2. The van der Waals surface area contributed by atoms with Gasteiger partial charge in [-0.3, -0.25) is 4.98 Å². The maximum atomic E-state index is 12.7. The van der Waals surface area contributed by atoms with Crippen LogP contribution >= 0.6 is 0 Å². The van der Waals surface area contributed by atoms with Gasteiger partial charge in [0.15, 0.2) is 9.84 Å². The third-order valence-electron chi connectivity index (χ3n) is 5.03. The summed E-state index contributed by atoms with van der Waals surface area (Å²) in [6, 6.07) is 8.90. The average molecular weight is 398 g/mol. The lowest BCUT2D eigenvalue weighted by Gasteiger charge is -2.31. The molecular weight excluding hydrogens is 377 g/mol. The summed E-state index contributed by atoms with van der Waals surface area (Å²) in [5.74, 6) is 0.139. The van der Waals surface area contributed by atoms with Crippen LogP contribution in [0.3, 0.4) is 0 Å². The zero-order valence-corrected chi connectivity index (χ0v) is 15.6. The number of nitrogens with zero attached hydrogens (tertiary/aromatic N) is 1. The fraction of sp³-hybridized carbons (Fsp3) is 0.421. The van der Waals surface area contributed by atoms with Crippen LogP contribution in [-0.4, -0.2) is 19.2 Å². The molecule has 1 aliphatic rings. The Balaban J connectivity index is 1.94. The summed E-state index contributed by atoms with van der Waals surface area (Å²) in [6.45, 7) is 1.58. The molecule has 0 aliphatic heterocycles. The first-order valence-electron chi connectivity index (χ1n) is 8.70. The highest BCUT2D eigenvalue weighted by Gasteiger charge is 2.44. The largest absolute Gasteiger partial charge is 0.433 e. The molecule has 27 heavy (non-hydrogen) atoms. The van der Waals surface area contributed by atoms with Gasteiger partial charge >= 0.3 is 6.18 Å². The van der Waals surface area contributed by atoms with Crippen LogP contribution in [0.15, 0.2) is 47.5 Å². The zero-order chi connectivity index (χ0) is 19.9. The van der Waals surface area contributed by atoms with Gasteiger partial charge in [0.2, 0.25) is 0 Å². The van der Waals surface area contributed by atoms with E-state index in [-0.39, 0.29) is 16.6 Å². The SMILES string of the molecule is CCS(=O)(=O)c1cccc(C(N)(Cc2ccc(C(F)(F)F)nc2)C2CC2)c1. The van der Waals surface area contributed by atoms with E-state index in [2.05, 4.69) is 4.98 Å².